The normalized spacial score (nSPS) is 31.6. The number of carbonyl (C=O) groups excluding carboxylic acids is 2. The van der Waals surface area contributed by atoms with Crippen molar-refractivity contribution in [2.75, 3.05) is 0 Å². The fourth-order valence-corrected chi connectivity index (χ4v) is 4.49. The summed E-state index contributed by atoms with van der Waals surface area (Å²) in [7, 11) is 0. The molecule has 6 rings (SSSR count). The fourth-order valence-electron chi connectivity index (χ4n) is 4.49. The molecular weight excluding hydrogens is 302 g/mol. The summed E-state index contributed by atoms with van der Waals surface area (Å²) in [4.78, 5) is 28.6. The molecule has 0 radical (unpaired) electrons. The van der Waals surface area contributed by atoms with Crippen LogP contribution in [0.2, 0.25) is 0 Å². The van der Waals surface area contributed by atoms with Gasteiger partial charge in [0, 0.05) is 22.7 Å². The van der Waals surface area contributed by atoms with Crippen LogP contribution in [0.4, 0.5) is 0 Å². The number of para-hydroxylation sites is 1. The largest absolute Gasteiger partial charge is 0.361 e. The first-order chi connectivity index (χ1) is 11.7. The highest BCUT2D eigenvalue weighted by molar-refractivity contribution is 6.07. The summed E-state index contributed by atoms with van der Waals surface area (Å²) in [6, 6.07) is 7.89. The monoisotopic (exact) mass is 319 g/mol. The van der Waals surface area contributed by atoms with Crippen LogP contribution in [-0.4, -0.2) is 28.0 Å². The molecule has 1 aromatic heterocycles. The molecule has 1 saturated carbocycles. The van der Waals surface area contributed by atoms with Crippen LogP contribution in [0.5, 0.6) is 0 Å². The van der Waals surface area contributed by atoms with E-state index >= 15 is 0 Å². The van der Waals surface area contributed by atoms with E-state index in [0.29, 0.717) is 0 Å². The second-order valence-corrected chi connectivity index (χ2v) is 6.86. The van der Waals surface area contributed by atoms with Crippen molar-refractivity contribution in [1.82, 2.24) is 9.99 Å². The minimum Gasteiger partial charge on any atom is -0.361 e. The van der Waals surface area contributed by atoms with Crippen LogP contribution in [-0.2, 0) is 9.59 Å². The van der Waals surface area contributed by atoms with Crippen molar-refractivity contribution in [3.05, 3.63) is 48.2 Å². The molecule has 5 nitrogen and oxygen atoms in total. The lowest BCUT2D eigenvalue weighted by molar-refractivity contribution is -0.140. The summed E-state index contributed by atoms with van der Waals surface area (Å²) >= 11 is 0. The Labute approximate surface area is 139 Å². The number of H-pyrrole nitrogens is 1. The van der Waals surface area contributed by atoms with Crippen molar-refractivity contribution in [3.8, 4) is 0 Å². The molecule has 4 atom stereocenters. The number of benzene rings is 1. The molecule has 1 N–H and O–H groups in total. The van der Waals surface area contributed by atoms with Crippen LogP contribution in [0.25, 0.3) is 10.9 Å². The summed E-state index contributed by atoms with van der Waals surface area (Å²) in [6.07, 6.45) is 9.70. The molecule has 4 aliphatic rings. The maximum Gasteiger partial charge on any atom is 0.254 e. The highest BCUT2D eigenvalue weighted by atomic mass is 16.2. The summed E-state index contributed by atoms with van der Waals surface area (Å²) in [6.45, 7) is 0. The molecule has 2 heterocycles. The standard InChI is InChI=1S/C19H17N3O2/c23-18-16-11-5-6-12(8-7-11)17(16)19(24)22(18)21-10-13-9-20-15-4-2-1-3-14(13)15/h1-6,9-12,16-17,20H,7-8H2/b21-10-/t11-,12-,16-,17+/m0/s1. The van der Waals surface area contributed by atoms with E-state index in [1.54, 1.807) is 6.21 Å². The number of aromatic amines is 1. The Hall–Kier alpha value is -2.69. The van der Waals surface area contributed by atoms with Gasteiger partial charge in [0.05, 0.1) is 18.1 Å². The second-order valence-electron chi connectivity index (χ2n) is 6.86. The fraction of sp³-hybridized carbons (Fsp3) is 0.316. The van der Waals surface area contributed by atoms with E-state index in [1.807, 2.05) is 30.5 Å². The number of nitrogens with zero attached hydrogens (tertiary/aromatic N) is 2. The smallest absolute Gasteiger partial charge is 0.254 e. The van der Waals surface area contributed by atoms with Crippen molar-refractivity contribution in [3.63, 3.8) is 0 Å². The third-order valence-electron chi connectivity index (χ3n) is 5.67. The Morgan fingerprint density at radius 3 is 2.38 bits per heavy atom. The third kappa shape index (κ3) is 1.78. The number of rotatable bonds is 2. The SMILES string of the molecule is O=C1[C@@H]2[C@H](C(=O)N1/N=C\c1c[nH]c3ccccc13)[C@H]1C=C[C@H]2CC1. The first kappa shape index (κ1) is 13.7. The summed E-state index contributed by atoms with van der Waals surface area (Å²) < 4.78 is 0. The lowest BCUT2D eigenvalue weighted by Crippen LogP contribution is -2.38. The van der Waals surface area contributed by atoms with Gasteiger partial charge in [0.2, 0.25) is 0 Å². The van der Waals surface area contributed by atoms with E-state index in [1.165, 1.54) is 0 Å². The van der Waals surface area contributed by atoms with Gasteiger partial charge in [0.1, 0.15) is 0 Å². The van der Waals surface area contributed by atoms with Crippen LogP contribution < -0.4 is 0 Å². The zero-order valence-corrected chi connectivity index (χ0v) is 13.1. The molecule has 2 bridgehead atoms. The number of fused-ring (bicyclic) bond motifs is 2. The van der Waals surface area contributed by atoms with Crippen LogP contribution in [0.15, 0.2) is 47.7 Å². The van der Waals surface area contributed by atoms with E-state index in [0.717, 1.165) is 34.3 Å². The number of hydrogen-bond acceptors (Lipinski definition) is 3. The number of amides is 2. The van der Waals surface area contributed by atoms with Crippen molar-refractivity contribution < 1.29 is 9.59 Å². The summed E-state index contributed by atoms with van der Waals surface area (Å²) in [5.74, 6) is -0.294. The first-order valence-electron chi connectivity index (χ1n) is 8.40. The molecule has 5 heteroatoms. The molecule has 1 aliphatic heterocycles. The van der Waals surface area contributed by atoms with Gasteiger partial charge in [0.15, 0.2) is 0 Å². The summed E-state index contributed by atoms with van der Waals surface area (Å²) in [5.41, 5.74) is 1.89. The lowest BCUT2D eigenvalue weighted by atomic mass is 9.63. The van der Waals surface area contributed by atoms with Gasteiger partial charge in [-0.3, -0.25) is 9.59 Å². The lowest BCUT2D eigenvalue weighted by Gasteiger charge is -2.37. The first-order valence-corrected chi connectivity index (χ1v) is 8.40. The maximum atomic E-state index is 12.7. The zero-order chi connectivity index (χ0) is 16.3. The third-order valence-corrected chi connectivity index (χ3v) is 5.67. The Morgan fingerprint density at radius 1 is 1.04 bits per heavy atom. The number of nitrogens with one attached hydrogen (secondary N) is 1. The molecule has 120 valence electrons. The molecule has 24 heavy (non-hydrogen) atoms. The number of imide groups is 1. The molecule has 2 fully saturated rings. The Morgan fingerprint density at radius 2 is 1.71 bits per heavy atom. The van der Waals surface area contributed by atoms with Crippen molar-refractivity contribution >= 4 is 28.9 Å². The minimum atomic E-state index is -0.207. The van der Waals surface area contributed by atoms with Crippen molar-refractivity contribution in [1.29, 1.82) is 0 Å². The van der Waals surface area contributed by atoms with Gasteiger partial charge >= 0.3 is 0 Å². The Bertz CT molecular complexity index is 878. The van der Waals surface area contributed by atoms with E-state index in [9.17, 15) is 9.59 Å². The molecule has 1 saturated heterocycles. The van der Waals surface area contributed by atoms with Crippen molar-refractivity contribution in [2.24, 2.45) is 28.8 Å². The highest BCUT2D eigenvalue weighted by Crippen LogP contribution is 2.49. The number of allylic oxidation sites excluding steroid dienone is 2. The van der Waals surface area contributed by atoms with Gasteiger partial charge in [-0.1, -0.05) is 30.4 Å². The highest BCUT2D eigenvalue weighted by Gasteiger charge is 2.56. The van der Waals surface area contributed by atoms with E-state index < -0.39 is 0 Å². The topological polar surface area (TPSA) is 65.5 Å². The zero-order valence-electron chi connectivity index (χ0n) is 13.1. The average molecular weight is 319 g/mol. The van der Waals surface area contributed by atoms with Gasteiger partial charge in [-0.05, 0) is 30.7 Å². The average Bonchev–Trinajstić information content (AvgIpc) is 3.15. The molecule has 3 aliphatic carbocycles. The Kier molecular flexibility index (Phi) is 2.80. The predicted molar refractivity (Wildman–Crippen MR) is 90.1 cm³/mol. The summed E-state index contributed by atoms with van der Waals surface area (Å²) in [5, 5.41) is 6.39. The maximum absolute atomic E-state index is 12.7. The molecule has 2 amide bonds. The van der Waals surface area contributed by atoms with Crippen LogP contribution in [0.3, 0.4) is 0 Å². The molecule has 0 spiro atoms. The molecule has 2 aromatic rings. The van der Waals surface area contributed by atoms with Gasteiger partial charge in [-0.25, -0.2) is 0 Å². The van der Waals surface area contributed by atoms with Crippen LogP contribution >= 0.6 is 0 Å². The van der Waals surface area contributed by atoms with Gasteiger partial charge in [-0.15, -0.1) is 0 Å². The van der Waals surface area contributed by atoms with E-state index in [4.69, 9.17) is 0 Å². The van der Waals surface area contributed by atoms with E-state index in [-0.39, 0.29) is 35.5 Å². The predicted octanol–water partition coefficient (Wildman–Crippen LogP) is 2.70. The Balaban J connectivity index is 1.48. The second kappa shape index (κ2) is 4.90. The van der Waals surface area contributed by atoms with Gasteiger partial charge in [0.25, 0.3) is 11.8 Å². The molecular formula is C19H17N3O2. The quantitative estimate of drug-likeness (QED) is 0.525. The number of carbonyl (C=O) groups is 2. The van der Waals surface area contributed by atoms with Crippen molar-refractivity contribution in [2.45, 2.75) is 12.8 Å². The molecule has 0 unspecified atom stereocenters. The van der Waals surface area contributed by atoms with Crippen LogP contribution in [0, 0.1) is 23.7 Å². The van der Waals surface area contributed by atoms with Gasteiger partial charge in [-0.2, -0.15) is 10.1 Å². The van der Waals surface area contributed by atoms with E-state index in [2.05, 4.69) is 22.2 Å². The van der Waals surface area contributed by atoms with Gasteiger partial charge < -0.3 is 4.98 Å². The number of hydrogen-bond donors (Lipinski definition) is 1. The number of hydrazone groups is 1. The number of aromatic nitrogens is 1. The van der Waals surface area contributed by atoms with Crippen LogP contribution in [0.1, 0.15) is 18.4 Å². The minimum absolute atomic E-state index is 0.139. The molecule has 1 aromatic carbocycles.